The molecule has 0 radical (unpaired) electrons. The van der Waals surface area contributed by atoms with Gasteiger partial charge in [-0.3, -0.25) is 0 Å². The zero-order valence-corrected chi connectivity index (χ0v) is 11.0. The maximum Gasteiger partial charge on any atom is 0.343 e. The summed E-state index contributed by atoms with van der Waals surface area (Å²) >= 11 is 0. The maximum atomic E-state index is 12.1. The van der Waals surface area contributed by atoms with Crippen LogP contribution in [0.3, 0.4) is 0 Å². The van der Waals surface area contributed by atoms with E-state index in [0.29, 0.717) is 0 Å². The minimum absolute atomic E-state index is 0.0232. The molecule has 112 valence electrons. The van der Waals surface area contributed by atoms with Gasteiger partial charge in [-0.15, -0.1) is 0 Å². The normalized spacial score (nSPS) is 13.3. The highest BCUT2D eigenvalue weighted by atomic mass is 16.6. The molecule has 4 rings (SSSR count). The first kappa shape index (κ1) is 13.6. The Hall–Kier alpha value is -3.42. The van der Waals surface area contributed by atoms with Crippen LogP contribution in [-0.4, -0.2) is 22.2 Å². The predicted octanol–water partition coefficient (Wildman–Crippen LogP) is 1.01. The highest BCUT2D eigenvalue weighted by Gasteiger charge is 2.28. The lowest BCUT2D eigenvalue weighted by Crippen LogP contribution is -2.11. The summed E-state index contributed by atoms with van der Waals surface area (Å²) in [6.45, 7) is 0. The molecule has 2 aliphatic rings. The van der Waals surface area contributed by atoms with E-state index in [2.05, 4.69) is 0 Å². The molecule has 0 atom stereocenters. The largest absolute Gasteiger partial charge is 0.503 e. The van der Waals surface area contributed by atoms with Gasteiger partial charge in [0.2, 0.25) is 5.75 Å². The summed E-state index contributed by atoms with van der Waals surface area (Å²) in [6, 6.07) is 5.51. The Morgan fingerprint density at radius 3 is 1.77 bits per heavy atom. The molecule has 2 aromatic carbocycles. The molecule has 0 unspecified atom stereocenters. The van der Waals surface area contributed by atoms with Crippen molar-refractivity contribution in [3.63, 3.8) is 0 Å². The van der Waals surface area contributed by atoms with Crippen molar-refractivity contribution >= 4 is 23.3 Å². The molecule has 2 heterocycles. The molecule has 0 spiro atoms. The Bertz CT molecular complexity index is 737. The van der Waals surface area contributed by atoms with Gasteiger partial charge in [-0.25, -0.2) is 9.59 Å². The van der Waals surface area contributed by atoms with E-state index in [0.717, 1.165) is 0 Å². The SMILES string of the molecule is Nc1c(O)c2c(O)c(N)c1OC(=O)c1cccc(c1)C(=O)O2. The first-order valence-electron chi connectivity index (χ1n) is 6.07. The second kappa shape index (κ2) is 4.55. The Balaban J connectivity index is 2.33. The summed E-state index contributed by atoms with van der Waals surface area (Å²) < 4.78 is 9.95. The van der Waals surface area contributed by atoms with E-state index in [4.69, 9.17) is 20.9 Å². The standard InChI is InChI=1S/C14H10N2O6/c15-7-9(17)12-10(18)8(16)11(7)21-13(19)5-2-1-3-6(4-5)14(20)22-12/h1-4,17-18H,15-16H2. The number of nitrogens with two attached hydrogens (primary N) is 2. The van der Waals surface area contributed by atoms with Crippen LogP contribution in [0, 0.1) is 0 Å². The van der Waals surface area contributed by atoms with Crippen molar-refractivity contribution in [2.24, 2.45) is 0 Å². The number of aromatic hydroxyl groups is 2. The quantitative estimate of drug-likeness (QED) is 0.185. The molecule has 8 nitrogen and oxygen atoms in total. The predicted molar refractivity (Wildman–Crippen MR) is 75.0 cm³/mol. The highest BCUT2D eigenvalue weighted by Crippen LogP contribution is 2.52. The number of ether oxygens (including phenoxy) is 2. The average Bonchev–Trinajstić information content (AvgIpc) is 2.54. The molecule has 0 amide bonds. The summed E-state index contributed by atoms with van der Waals surface area (Å²) in [5.74, 6) is -4.29. The Morgan fingerprint density at radius 2 is 1.27 bits per heavy atom. The molecule has 0 fully saturated rings. The van der Waals surface area contributed by atoms with Crippen molar-refractivity contribution in [1.29, 1.82) is 0 Å². The van der Waals surface area contributed by atoms with Gasteiger partial charge in [0.25, 0.3) is 0 Å². The number of esters is 2. The number of phenols is 2. The lowest BCUT2D eigenvalue weighted by atomic mass is 10.1. The van der Waals surface area contributed by atoms with Crippen LogP contribution in [0.4, 0.5) is 11.4 Å². The number of nitrogen functional groups attached to an aromatic ring is 2. The summed E-state index contributed by atoms with van der Waals surface area (Å²) in [5.41, 5.74) is 10.5. The van der Waals surface area contributed by atoms with E-state index in [9.17, 15) is 19.8 Å². The van der Waals surface area contributed by atoms with Gasteiger partial charge in [-0.2, -0.15) is 0 Å². The lowest BCUT2D eigenvalue weighted by molar-refractivity contribution is 0.0721. The first-order chi connectivity index (χ1) is 10.4. The number of benzene rings is 2. The third-order valence-corrected chi connectivity index (χ3v) is 3.15. The van der Waals surface area contributed by atoms with Crippen molar-refractivity contribution in [2.75, 3.05) is 11.5 Å². The molecule has 0 aromatic heterocycles. The van der Waals surface area contributed by atoms with Crippen LogP contribution in [-0.2, 0) is 0 Å². The van der Waals surface area contributed by atoms with Gasteiger partial charge in [0, 0.05) is 0 Å². The smallest absolute Gasteiger partial charge is 0.343 e. The highest BCUT2D eigenvalue weighted by molar-refractivity contribution is 6.00. The minimum atomic E-state index is -0.909. The number of hydrogen-bond donors (Lipinski definition) is 4. The number of rotatable bonds is 0. The minimum Gasteiger partial charge on any atom is -0.503 e. The van der Waals surface area contributed by atoms with Crippen LogP contribution in [0.15, 0.2) is 24.3 Å². The fraction of sp³-hybridized carbons (Fsp3) is 0. The third kappa shape index (κ3) is 1.85. The van der Waals surface area contributed by atoms with Crippen LogP contribution in [0.2, 0.25) is 0 Å². The van der Waals surface area contributed by atoms with E-state index in [1.165, 1.54) is 24.3 Å². The molecule has 22 heavy (non-hydrogen) atoms. The molecule has 0 saturated carbocycles. The maximum absolute atomic E-state index is 12.1. The van der Waals surface area contributed by atoms with Gasteiger partial charge in [0.15, 0.2) is 17.2 Å². The van der Waals surface area contributed by atoms with Gasteiger partial charge in [0.05, 0.1) is 11.1 Å². The van der Waals surface area contributed by atoms with Crippen molar-refractivity contribution < 1.29 is 29.3 Å². The summed E-state index contributed by atoms with van der Waals surface area (Å²) in [6.07, 6.45) is 0. The Morgan fingerprint density at radius 1 is 0.818 bits per heavy atom. The van der Waals surface area contributed by atoms with Crippen LogP contribution in [0.5, 0.6) is 23.0 Å². The van der Waals surface area contributed by atoms with Crippen LogP contribution < -0.4 is 20.9 Å². The Kier molecular flexibility index (Phi) is 2.81. The van der Waals surface area contributed by atoms with Crippen LogP contribution in [0.25, 0.3) is 0 Å². The molecular formula is C14H10N2O6. The van der Waals surface area contributed by atoms with Gasteiger partial charge < -0.3 is 31.2 Å². The molecule has 2 aromatic rings. The van der Waals surface area contributed by atoms with Gasteiger partial charge in [-0.1, -0.05) is 6.07 Å². The molecule has 2 aliphatic heterocycles. The zero-order chi connectivity index (χ0) is 16.0. The van der Waals surface area contributed by atoms with E-state index < -0.39 is 46.3 Å². The van der Waals surface area contributed by atoms with Crippen molar-refractivity contribution in [2.45, 2.75) is 0 Å². The number of fused-ring (bicyclic) bond motifs is 4. The molecule has 8 heteroatoms. The number of carbonyl (C=O) groups excluding carboxylic acids is 2. The van der Waals surface area contributed by atoms with Gasteiger partial charge in [0.1, 0.15) is 11.4 Å². The number of anilines is 2. The molecular weight excluding hydrogens is 292 g/mol. The van der Waals surface area contributed by atoms with Gasteiger partial charge in [-0.05, 0) is 18.2 Å². The number of phenolic OH excluding ortho intramolecular Hbond substituents is 2. The second-order valence-electron chi connectivity index (χ2n) is 4.54. The summed E-state index contributed by atoms with van der Waals surface area (Å²) in [7, 11) is 0. The summed E-state index contributed by atoms with van der Waals surface area (Å²) in [5, 5.41) is 19.9. The molecule has 6 N–H and O–H groups in total. The number of carbonyl (C=O) groups is 2. The van der Waals surface area contributed by atoms with E-state index in [1.807, 2.05) is 0 Å². The van der Waals surface area contributed by atoms with Crippen molar-refractivity contribution in [3.8, 4) is 23.0 Å². The molecule has 0 saturated heterocycles. The van der Waals surface area contributed by atoms with Crippen molar-refractivity contribution in [3.05, 3.63) is 35.4 Å². The third-order valence-electron chi connectivity index (χ3n) is 3.15. The average molecular weight is 302 g/mol. The molecule has 4 bridgehead atoms. The van der Waals surface area contributed by atoms with E-state index in [-0.39, 0.29) is 11.1 Å². The van der Waals surface area contributed by atoms with Crippen molar-refractivity contribution in [1.82, 2.24) is 0 Å². The molecule has 0 aliphatic carbocycles. The van der Waals surface area contributed by atoms with Crippen LogP contribution >= 0.6 is 0 Å². The lowest BCUT2D eigenvalue weighted by Gasteiger charge is -2.15. The monoisotopic (exact) mass is 302 g/mol. The fourth-order valence-corrected chi connectivity index (χ4v) is 2.00. The van der Waals surface area contributed by atoms with E-state index in [1.54, 1.807) is 0 Å². The topological polar surface area (TPSA) is 145 Å². The fourth-order valence-electron chi connectivity index (χ4n) is 2.00. The zero-order valence-electron chi connectivity index (χ0n) is 11.0. The van der Waals surface area contributed by atoms with Crippen LogP contribution in [0.1, 0.15) is 20.7 Å². The number of hydrogen-bond acceptors (Lipinski definition) is 8. The first-order valence-corrected chi connectivity index (χ1v) is 6.07. The summed E-state index contributed by atoms with van der Waals surface area (Å²) in [4.78, 5) is 24.1. The Labute approximate surface area is 123 Å². The second-order valence-corrected chi connectivity index (χ2v) is 4.54. The van der Waals surface area contributed by atoms with Gasteiger partial charge >= 0.3 is 11.9 Å². The van der Waals surface area contributed by atoms with E-state index >= 15 is 0 Å².